The smallest absolute Gasteiger partial charge is 0.0918 e. The van der Waals surface area contributed by atoms with Crippen molar-refractivity contribution in [1.29, 1.82) is 5.26 Å². The first-order valence-corrected chi connectivity index (χ1v) is 9.22. The molecule has 2 aromatic rings. The lowest BCUT2D eigenvalue weighted by Gasteiger charge is -2.27. The van der Waals surface area contributed by atoms with Gasteiger partial charge in [-0.05, 0) is 42.8 Å². The molecule has 2 aliphatic rings. The van der Waals surface area contributed by atoms with Crippen molar-refractivity contribution >= 4 is 17.3 Å². The molecule has 0 N–H and O–H groups in total. The highest BCUT2D eigenvalue weighted by Crippen LogP contribution is 2.38. The summed E-state index contributed by atoms with van der Waals surface area (Å²) in [6, 6.07) is 19.1. The number of hydrogen-bond donors (Lipinski definition) is 0. The van der Waals surface area contributed by atoms with E-state index in [1.807, 2.05) is 6.07 Å². The van der Waals surface area contributed by atoms with Gasteiger partial charge in [0.1, 0.15) is 0 Å². The van der Waals surface area contributed by atoms with Crippen LogP contribution in [0, 0.1) is 11.3 Å². The summed E-state index contributed by atoms with van der Waals surface area (Å²) >= 11 is 0. The standard InChI is InChI=1S/C23H23N3/c1-25-13-6-14-26(16-15-25)23-17-18-7-2-3-8-19(18)21(11-12-24)20-9-4-5-10-22(20)23/h2-5,7-11,17H,6,13-16H2,1H3/b21-11-. The Labute approximate surface area is 155 Å². The van der Waals surface area contributed by atoms with E-state index in [9.17, 15) is 5.26 Å². The fourth-order valence-corrected chi connectivity index (χ4v) is 3.95. The number of fused-ring (bicyclic) bond motifs is 2. The first-order valence-electron chi connectivity index (χ1n) is 9.22. The van der Waals surface area contributed by atoms with Crippen LogP contribution in [-0.2, 0) is 0 Å². The van der Waals surface area contributed by atoms with Crippen LogP contribution in [0.4, 0.5) is 0 Å². The maximum Gasteiger partial charge on any atom is 0.0918 e. The molecule has 3 heteroatoms. The fourth-order valence-electron chi connectivity index (χ4n) is 3.95. The molecule has 0 amide bonds. The Morgan fingerprint density at radius 2 is 1.62 bits per heavy atom. The molecule has 4 rings (SSSR count). The summed E-state index contributed by atoms with van der Waals surface area (Å²) in [6.45, 7) is 4.30. The van der Waals surface area contributed by atoms with Crippen molar-refractivity contribution in [1.82, 2.24) is 9.80 Å². The number of hydrogen-bond acceptors (Lipinski definition) is 3. The van der Waals surface area contributed by atoms with Crippen molar-refractivity contribution < 1.29 is 0 Å². The maximum absolute atomic E-state index is 9.38. The predicted molar refractivity (Wildman–Crippen MR) is 107 cm³/mol. The molecule has 0 bridgehead atoms. The van der Waals surface area contributed by atoms with E-state index in [0.717, 1.165) is 42.9 Å². The van der Waals surface area contributed by atoms with Gasteiger partial charge in [0.2, 0.25) is 0 Å². The molecule has 1 aliphatic carbocycles. The molecule has 26 heavy (non-hydrogen) atoms. The molecule has 0 radical (unpaired) electrons. The van der Waals surface area contributed by atoms with Crippen LogP contribution in [0.3, 0.4) is 0 Å². The van der Waals surface area contributed by atoms with Gasteiger partial charge in [0.05, 0.1) is 6.07 Å². The molecule has 2 aromatic carbocycles. The lowest BCUT2D eigenvalue weighted by molar-refractivity contribution is 0.343. The summed E-state index contributed by atoms with van der Waals surface area (Å²) < 4.78 is 0. The largest absolute Gasteiger partial charge is 0.370 e. The van der Waals surface area contributed by atoms with Crippen LogP contribution in [0.15, 0.2) is 54.6 Å². The van der Waals surface area contributed by atoms with Crippen molar-refractivity contribution in [2.24, 2.45) is 0 Å². The second-order valence-corrected chi connectivity index (χ2v) is 6.99. The zero-order chi connectivity index (χ0) is 17.9. The van der Waals surface area contributed by atoms with E-state index in [-0.39, 0.29) is 0 Å². The Morgan fingerprint density at radius 3 is 2.42 bits per heavy atom. The summed E-state index contributed by atoms with van der Waals surface area (Å²) in [5.74, 6) is 0. The Balaban J connectivity index is 1.91. The molecule has 0 aromatic heterocycles. The minimum Gasteiger partial charge on any atom is -0.370 e. The zero-order valence-electron chi connectivity index (χ0n) is 15.2. The van der Waals surface area contributed by atoms with Crippen LogP contribution in [0.1, 0.15) is 28.7 Å². The number of benzene rings is 2. The van der Waals surface area contributed by atoms with Gasteiger partial charge < -0.3 is 9.80 Å². The Bertz CT molecular complexity index is 917. The van der Waals surface area contributed by atoms with Crippen molar-refractivity contribution in [3.05, 3.63) is 76.9 Å². The number of nitrogens with zero attached hydrogens (tertiary/aromatic N) is 3. The molecule has 1 heterocycles. The average Bonchev–Trinajstić information content (AvgIpc) is 2.96. The Morgan fingerprint density at radius 1 is 0.885 bits per heavy atom. The third-order valence-electron chi connectivity index (χ3n) is 5.31. The van der Waals surface area contributed by atoms with Crippen LogP contribution in [0.5, 0.6) is 0 Å². The van der Waals surface area contributed by atoms with Crippen LogP contribution in [0.25, 0.3) is 17.3 Å². The summed E-state index contributed by atoms with van der Waals surface area (Å²) in [5, 5.41) is 9.38. The topological polar surface area (TPSA) is 30.3 Å². The third kappa shape index (κ3) is 3.05. The molecule has 0 spiro atoms. The van der Waals surface area contributed by atoms with Gasteiger partial charge in [-0.1, -0.05) is 48.5 Å². The molecule has 0 unspecified atom stereocenters. The van der Waals surface area contributed by atoms with Crippen molar-refractivity contribution in [3.63, 3.8) is 0 Å². The van der Waals surface area contributed by atoms with Gasteiger partial charge >= 0.3 is 0 Å². The quantitative estimate of drug-likeness (QED) is 0.732. The van der Waals surface area contributed by atoms with Gasteiger partial charge in [0, 0.05) is 42.5 Å². The molecular weight excluding hydrogens is 318 g/mol. The molecule has 1 aliphatic heterocycles. The molecule has 3 nitrogen and oxygen atoms in total. The minimum absolute atomic E-state index is 1.01. The number of nitriles is 1. The summed E-state index contributed by atoms with van der Waals surface area (Å²) in [5.41, 5.74) is 6.94. The number of likely N-dealkylation sites (N-methyl/N-ethyl adjacent to an activating group) is 1. The highest BCUT2D eigenvalue weighted by Gasteiger charge is 2.23. The van der Waals surface area contributed by atoms with Crippen molar-refractivity contribution in [2.75, 3.05) is 33.2 Å². The number of rotatable bonds is 1. The van der Waals surface area contributed by atoms with Crippen LogP contribution in [0.2, 0.25) is 0 Å². The molecule has 0 atom stereocenters. The van der Waals surface area contributed by atoms with Gasteiger partial charge in [-0.25, -0.2) is 0 Å². The van der Waals surface area contributed by atoms with E-state index in [1.54, 1.807) is 6.08 Å². The first-order chi connectivity index (χ1) is 12.8. The SMILES string of the molecule is CN1CCCN(C2=Cc3ccccc3/C(=C/C#N)c3ccccc32)CC1. The minimum atomic E-state index is 1.01. The van der Waals surface area contributed by atoms with Gasteiger partial charge in [0.15, 0.2) is 0 Å². The lowest BCUT2D eigenvalue weighted by Crippen LogP contribution is -2.28. The third-order valence-corrected chi connectivity index (χ3v) is 5.31. The summed E-state index contributed by atoms with van der Waals surface area (Å²) in [4.78, 5) is 4.91. The van der Waals surface area contributed by atoms with Crippen LogP contribution in [-0.4, -0.2) is 43.0 Å². The van der Waals surface area contributed by atoms with Crippen molar-refractivity contribution in [3.8, 4) is 6.07 Å². The van der Waals surface area contributed by atoms with E-state index < -0.39 is 0 Å². The Kier molecular flexibility index (Phi) is 4.60. The van der Waals surface area contributed by atoms with Crippen LogP contribution < -0.4 is 0 Å². The van der Waals surface area contributed by atoms with E-state index in [4.69, 9.17) is 0 Å². The van der Waals surface area contributed by atoms with Crippen LogP contribution >= 0.6 is 0 Å². The first kappa shape index (κ1) is 16.6. The van der Waals surface area contributed by atoms with E-state index >= 15 is 0 Å². The predicted octanol–water partition coefficient (Wildman–Crippen LogP) is 4.09. The molecule has 1 fully saturated rings. The summed E-state index contributed by atoms with van der Waals surface area (Å²) in [6.07, 6.45) is 5.15. The van der Waals surface area contributed by atoms with Gasteiger partial charge in [0.25, 0.3) is 0 Å². The van der Waals surface area contributed by atoms with E-state index in [2.05, 4.69) is 71.5 Å². The lowest BCUT2D eigenvalue weighted by atomic mass is 9.93. The summed E-state index contributed by atoms with van der Waals surface area (Å²) in [7, 11) is 2.20. The maximum atomic E-state index is 9.38. The van der Waals surface area contributed by atoms with Gasteiger partial charge in [-0.2, -0.15) is 5.26 Å². The van der Waals surface area contributed by atoms with Crippen molar-refractivity contribution in [2.45, 2.75) is 6.42 Å². The molecule has 0 saturated carbocycles. The molecule has 130 valence electrons. The van der Waals surface area contributed by atoms with E-state index in [1.165, 1.54) is 23.2 Å². The zero-order valence-corrected chi connectivity index (χ0v) is 15.2. The molecular formula is C23H23N3. The van der Waals surface area contributed by atoms with Gasteiger partial charge in [-0.15, -0.1) is 0 Å². The highest BCUT2D eigenvalue weighted by molar-refractivity contribution is 5.98. The Hall–Kier alpha value is -2.83. The normalized spacial score (nSPS) is 19.0. The second kappa shape index (κ2) is 7.19. The van der Waals surface area contributed by atoms with E-state index in [0.29, 0.717) is 0 Å². The average molecular weight is 341 g/mol. The number of allylic oxidation sites excluding steroid dienone is 1. The fraction of sp³-hybridized carbons (Fsp3) is 0.261. The molecule has 1 saturated heterocycles. The monoisotopic (exact) mass is 341 g/mol. The van der Waals surface area contributed by atoms with Gasteiger partial charge in [-0.3, -0.25) is 0 Å². The highest BCUT2D eigenvalue weighted by atomic mass is 15.2. The second-order valence-electron chi connectivity index (χ2n) is 6.99.